The predicted molar refractivity (Wildman–Crippen MR) is 77.4 cm³/mol. The minimum atomic E-state index is -0.249. The van der Waals surface area contributed by atoms with Gasteiger partial charge in [0.15, 0.2) is 0 Å². The van der Waals surface area contributed by atoms with Crippen molar-refractivity contribution in [1.82, 2.24) is 25.2 Å². The third kappa shape index (κ3) is 2.48. The van der Waals surface area contributed by atoms with Crippen LogP contribution in [-0.4, -0.2) is 44.2 Å². The summed E-state index contributed by atoms with van der Waals surface area (Å²) in [5.74, 6) is 1.33. The largest absolute Gasteiger partial charge is 0.339 e. The first-order chi connectivity index (χ1) is 11.2. The first-order valence-electron chi connectivity index (χ1n) is 7.19. The fourth-order valence-electron chi connectivity index (χ4n) is 2.43. The van der Waals surface area contributed by atoms with E-state index in [1.807, 2.05) is 30.3 Å². The van der Waals surface area contributed by atoms with E-state index < -0.39 is 0 Å². The van der Waals surface area contributed by atoms with Gasteiger partial charge in [-0.3, -0.25) is 4.79 Å². The number of rotatable bonds is 3. The van der Waals surface area contributed by atoms with E-state index >= 15 is 0 Å². The zero-order chi connectivity index (χ0) is 15.8. The van der Waals surface area contributed by atoms with Crippen LogP contribution in [0.25, 0.3) is 11.4 Å². The third-order valence-electron chi connectivity index (χ3n) is 3.71. The van der Waals surface area contributed by atoms with Crippen molar-refractivity contribution < 1.29 is 13.8 Å². The van der Waals surface area contributed by atoms with Crippen molar-refractivity contribution in [3.63, 3.8) is 0 Å². The Morgan fingerprint density at radius 2 is 1.91 bits per heavy atom. The minimum absolute atomic E-state index is 0.0388. The molecular formula is C15H13N5O3. The lowest BCUT2D eigenvalue weighted by atomic mass is 10.00. The van der Waals surface area contributed by atoms with Gasteiger partial charge in [0.05, 0.1) is 5.92 Å². The van der Waals surface area contributed by atoms with Crippen LogP contribution in [0.1, 0.15) is 28.3 Å². The van der Waals surface area contributed by atoms with Gasteiger partial charge in [0.2, 0.25) is 17.6 Å². The summed E-state index contributed by atoms with van der Waals surface area (Å²) < 4.78 is 10.1. The second-order valence-corrected chi connectivity index (χ2v) is 5.37. The van der Waals surface area contributed by atoms with E-state index in [4.69, 9.17) is 9.05 Å². The summed E-state index contributed by atoms with van der Waals surface area (Å²) in [5, 5.41) is 7.62. The number of carbonyl (C=O) groups excluding carboxylic acids is 1. The van der Waals surface area contributed by atoms with Crippen LogP contribution < -0.4 is 0 Å². The van der Waals surface area contributed by atoms with Gasteiger partial charge in [0, 0.05) is 25.6 Å². The van der Waals surface area contributed by atoms with Crippen molar-refractivity contribution >= 4 is 5.91 Å². The van der Waals surface area contributed by atoms with Crippen molar-refractivity contribution in [1.29, 1.82) is 0 Å². The summed E-state index contributed by atoms with van der Waals surface area (Å²) in [6.45, 7) is 2.65. The lowest BCUT2D eigenvalue weighted by Gasteiger charge is -2.36. The molecule has 8 heteroatoms. The maximum absolute atomic E-state index is 12.1. The third-order valence-corrected chi connectivity index (χ3v) is 3.71. The highest BCUT2D eigenvalue weighted by Gasteiger charge is 2.37. The van der Waals surface area contributed by atoms with Crippen molar-refractivity contribution in [2.45, 2.75) is 12.8 Å². The van der Waals surface area contributed by atoms with Crippen molar-refractivity contribution in [2.75, 3.05) is 13.1 Å². The topological polar surface area (TPSA) is 98.2 Å². The molecule has 1 fully saturated rings. The Morgan fingerprint density at radius 1 is 1.13 bits per heavy atom. The second-order valence-electron chi connectivity index (χ2n) is 5.37. The normalized spacial score (nSPS) is 14.7. The monoisotopic (exact) mass is 311 g/mol. The molecule has 1 amide bonds. The molecule has 0 atom stereocenters. The fourth-order valence-corrected chi connectivity index (χ4v) is 2.43. The molecule has 1 aliphatic rings. The molecule has 0 radical (unpaired) electrons. The van der Waals surface area contributed by atoms with Gasteiger partial charge in [-0.15, -0.1) is 0 Å². The van der Waals surface area contributed by atoms with Crippen LogP contribution in [0.3, 0.4) is 0 Å². The van der Waals surface area contributed by atoms with Gasteiger partial charge in [-0.2, -0.15) is 9.97 Å². The Balaban J connectivity index is 1.42. The summed E-state index contributed by atoms with van der Waals surface area (Å²) in [4.78, 5) is 22.1. The van der Waals surface area contributed by atoms with Gasteiger partial charge in [0.25, 0.3) is 11.7 Å². The number of hydrogen-bond donors (Lipinski definition) is 0. The van der Waals surface area contributed by atoms with E-state index in [9.17, 15) is 4.79 Å². The first kappa shape index (κ1) is 13.6. The lowest BCUT2D eigenvalue weighted by Crippen LogP contribution is -2.48. The molecule has 2 aromatic heterocycles. The number of nitrogens with zero attached hydrogens (tertiary/aromatic N) is 5. The summed E-state index contributed by atoms with van der Waals surface area (Å²) in [5.41, 5.74) is 0.900. The lowest BCUT2D eigenvalue weighted by molar-refractivity contribution is 0.0553. The molecule has 23 heavy (non-hydrogen) atoms. The van der Waals surface area contributed by atoms with Crippen molar-refractivity contribution in [2.24, 2.45) is 0 Å². The quantitative estimate of drug-likeness (QED) is 0.725. The van der Waals surface area contributed by atoms with E-state index in [2.05, 4.69) is 20.3 Å². The highest BCUT2D eigenvalue weighted by atomic mass is 16.5. The molecule has 8 nitrogen and oxygen atoms in total. The zero-order valence-electron chi connectivity index (χ0n) is 12.3. The molecule has 1 aliphatic heterocycles. The maximum Gasteiger partial charge on any atom is 0.295 e. The standard InChI is InChI=1S/C15H13N5O3/c1-9-16-13(19-22-9)15(21)20-7-11(8-20)14-17-12(18-23-14)10-5-3-2-4-6-10/h2-6,11H,7-8H2,1H3. The molecule has 1 saturated heterocycles. The molecule has 116 valence electrons. The first-order valence-corrected chi connectivity index (χ1v) is 7.19. The van der Waals surface area contributed by atoms with Crippen LogP contribution in [0.15, 0.2) is 39.4 Å². The summed E-state index contributed by atoms with van der Waals surface area (Å²) in [6, 6.07) is 9.61. The zero-order valence-corrected chi connectivity index (χ0v) is 12.3. The predicted octanol–water partition coefficient (Wildman–Crippen LogP) is 1.67. The Kier molecular flexibility index (Phi) is 3.14. The van der Waals surface area contributed by atoms with Gasteiger partial charge < -0.3 is 13.9 Å². The maximum atomic E-state index is 12.1. The second kappa shape index (κ2) is 5.31. The van der Waals surface area contributed by atoms with Crippen LogP contribution in [0.5, 0.6) is 0 Å². The molecule has 0 N–H and O–H groups in total. The molecule has 0 aliphatic carbocycles. The molecule has 3 aromatic rings. The SMILES string of the molecule is Cc1nc(C(=O)N2CC(c3nc(-c4ccccc4)no3)C2)no1. The van der Waals surface area contributed by atoms with E-state index in [0.29, 0.717) is 30.7 Å². The molecular weight excluding hydrogens is 298 g/mol. The smallest absolute Gasteiger partial charge is 0.295 e. The molecule has 1 aromatic carbocycles. The van der Waals surface area contributed by atoms with Crippen LogP contribution >= 0.6 is 0 Å². The molecule has 3 heterocycles. The highest BCUT2D eigenvalue weighted by Crippen LogP contribution is 2.28. The number of amides is 1. The molecule has 4 rings (SSSR count). The Hall–Kier alpha value is -3.03. The highest BCUT2D eigenvalue weighted by molar-refractivity contribution is 5.91. The van der Waals surface area contributed by atoms with Crippen LogP contribution in [-0.2, 0) is 0 Å². The summed E-state index contributed by atoms with van der Waals surface area (Å²) in [7, 11) is 0. The summed E-state index contributed by atoms with van der Waals surface area (Å²) >= 11 is 0. The van der Waals surface area contributed by atoms with Gasteiger partial charge in [-0.05, 0) is 0 Å². The average Bonchev–Trinajstić information content (AvgIpc) is 3.16. The van der Waals surface area contributed by atoms with Gasteiger partial charge in [-0.25, -0.2) is 0 Å². The van der Waals surface area contributed by atoms with Crippen LogP contribution in [0.2, 0.25) is 0 Å². The summed E-state index contributed by atoms with van der Waals surface area (Å²) in [6.07, 6.45) is 0. The van der Waals surface area contributed by atoms with Crippen LogP contribution in [0.4, 0.5) is 0 Å². The Labute approximate surface area is 131 Å². The van der Waals surface area contributed by atoms with Gasteiger partial charge >= 0.3 is 0 Å². The number of benzene rings is 1. The molecule has 0 bridgehead atoms. The van der Waals surface area contributed by atoms with Crippen molar-refractivity contribution in [3.05, 3.63) is 47.9 Å². The van der Waals surface area contributed by atoms with Gasteiger partial charge in [0.1, 0.15) is 0 Å². The Bertz CT molecular complexity index is 836. The average molecular weight is 311 g/mol. The number of hydrogen-bond acceptors (Lipinski definition) is 7. The van der Waals surface area contributed by atoms with Crippen LogP contribution in [0, 0.1) is 6.92 Å². The number of likely N-dealkylation sites (tertiary alicyclic amines) is 1. The van der Waals surface area contributed by atoms with E-state index in [1.54, 1.807) is 11.8 Å². The van der Waals surface area contributed by atoms with E-state index in [0.717, 1.165) is 5.56 Å². The number of aromatic nitrogens is 4. The molecule has 0 unspecified atom stereocenters. The minimum Gasteiger partial charge on any atom is -0.339 e. The van der Waals surface area contributed by atoms with E-state index in [-0.39, 0.29) is 17.6 Å². The fraction of sp³-hybridized carbons (Fsp3) is 0.267. The number of aryl methyl sites for hydroxylation is 1. The number of carbonyl (C=O) groups is 1. The van der Waals surface area contributed by atoms with Gasteiger partial charge in [-0.1, -0.05) is 40.6 Å². The van der Waals surface area contributed by atoms with E-state index in [1.165, 1.54) is 0 Å². The molecule has 0 spiro atoms. The molecule has 0 saturated carbocycles. The Morgan fingerprint density at radius 3 is 2.61 bits per heavy atom. The van der Waals surface area contributed by atoms with Crippen molar-refractivity contribution in [3.8, 4) is 11.4 Å².